The van der Waals surface area contributed by atoms with Crippen molar-refractivity contribution in [3.8, 4) is 22.5 Å². The molecule has 5 aliphatic heterocycles. The number of pyridine rings is 1. The first-order chi connectivity index (χ1) is 35.7. The van der Waals surface area contributed by atoms with Crippen molar-refractivity contribution in [2.45, 2.75) is 135 Å². The van der Waals surface area contributed by atoms with Gasteiger partial charge in [0, 0.05) is 112 Å². The molecule has 74 heavy (non-hydrogen) atoms. The predicted molar refractivity (Wildman–Crippen MR) is 277 cm³/mol. The lowest BCUT2D eigenvalue weighted by atomic mass is 9.84. The van der Waals surface area contributed by atoms with Crippen molar-refractivity contribution in [3.05, 3.63) is 53.9 Å². The number of hydrogen-bond acceptors (Lipinski definition) is 14. The predicted octanol–water partition coefficient (Wildman–Crippen LogP) is 6.64. The molecule has 4 saturated heterocycles. The first-order valence-electron chi connectivity index (χ1n) is 27.5. The van der Waals surface area contributed by atoms with Crippen LogP contribution >= 0.6 is 0 Å². The van der Waals surface area contributed by atoms with Gasteiger partial charge in [-0.15, -0.1) is 0 Å². The van der Waals surface area contributed by atoms with E-state index in [1.807, 2.05) is 37.9 Å². The van der Waals surface area contributed by atoms with Crippen molar-refractivity contribution in [1.82, 2.24) is 40.1 Å². The van der Waals surface area contributed by atoms with Gasteiger partial charge in [0.1, 0.15) is 36.3 Å². The number of nitrogens with zero attached hydrogens (tertiary/aromatic N) is 7. The van der Waals surface area contributed by atoms with Crippen LogP contribution in [-0.4, -0.2) is 157 Å². The van der Waals surface area contributed by atoms with Gasteiger partial charge >= 0.3 is 5.97 Å². The number of likely N-dealkylation sites (tertiary alicyclic amines) is 1. The molecule has 2 saturated carbocycles. The summed E-state index contributed by atoms with van der Waals surface area (Å²) in [6.07, 6.45) is 8.25. The number of carbonyl (C=O) groups excluding carboxylic acids is 3. The fraction of sp³-hybridized carbons (Fsp3) is 0.661. The van der Waals surface area contributed by atoms with Crippen LogP contribution in [0.15, 0.2) is 41.1 Å². The molecular weight excluding hydrogens is 946 g/mol. The minimum atomic E-state index is -1.21. The average Bonchev–Trinajstić information content (AvgIpc) is 4.19. The zero-order valence-electron chi connectivity index (χ0n) is 44.2. The molecule has 6 fully saturated rings. The molecule has 1 unspecified atom stereocenters. The summed E-state index contributed by atoms with van der Waals surface area (Å²) in [7, 11) is 1.72. The minimum absolute atomic E-state index is 0.0384. The number of anilines is 1. The van der Waals surface area contributed by atoms with E-state index in [2.05, 4.69) is 57.2 Å². The van der Waals surface area contributed by atoms with Gasteiger partial charge in [-0.1, -0.05) is 33.8 Å². The third-order valence-corrected chi connectivity index (χ3v) is 17.3. The van der Waals surface area contributed by atoms with E-state index in [1.165, 1.54) is 17.9 Å². The maximum Gasteiger partial charge on any atom is 0.324 e. The molecule has 8 atom stereocenters. The normalized spacial score (nSPS) is 28.8. The number of amides is 2. The average molecular weight is 1020 g/mol. The number of aromatic nitrogens is 3. The summed E-state index contributed by atoms with van der Waals surface area (Å²) < 4.78 is 48.8. The first kappa shape index (κ1) is 51.1. The van der Waals surface area contributed by atoms with E-state index >= 15 is 9.18 Å². The van der Waals surface area contributed by atoms with E-state index in [9.17, 15) is 9.59 Å². The van der Waals surface area contributed by atoms with Gasteiger partial charge < -0.3 is 38.1 Å². The van der Waals surface area contributed by atoms with Gasteiger partial charge in [-0.2, -0.15) is 0 Å². The molecule has 2 N–H and O–H groups in total. The van der Waals surface area contributed by atoms with Gasteiger partial charge in [0.25, 0.3) is 5.91 Å². The number of cyclic esters (lactones) is 1. The number of oxazole rings is 1. The smallest absolute Gasteiger partial charge is 0.324 e. The number of hydrazine groups is 1. The summed E-state index contributed by atoms with van der Waals surface area (Å²) in [5.74, 6) is -0.943. The van der Waals surface area contributed by atoms with E-state index in [4.69, 9.17) is 33.3 Å². The lowest BCUT2D eigenvalue weighted by molar-refractivity contribution is -0.156. The Balaban J connectivity index is 1.06. The number of fused-ring (bicyclic) bond motifs is 6. The second-order valence-corrected chi connectivity index (χ2v) is 23.0. The quantitative estimate of drug-likeness (QED) is 0.145. The highest BCUT2D eigenvalue weighted by molar-refractivity contribution is 5.96. The molecule has 11 rings (SSSR count). The van der Waals surface area contributed by atoms with E-state index in [1.54, 1.807) is 13.4 Å². The third kappa shape index (κ3) is 10.5. The van der Waals surface area contributed by atoms with Crippen LogP contribution in [0, 0.1) is 23.2 Å². The third-order valence-electron chi connectivity index (χ3n) is 17.3. The highest BCUT2D eigenvalue weighted by atomic mass is 19.1. The largest absolute Gasteiger partial charge is 0.464 e. The number of halogens is 1. The molecule has 18 heteroatoms. The summed E-state index contributed by atoms with van der Waals surface area (Å²) in [5.41, 5.74) is 9.84. The number of alkyl halides is 1. The Morgan fingerprint density at radius 3 is 2.49 bits per heavy atom. The molecule has 3 aromatic heterocycles. The van der Waals surface area contributed by atoms with Crippen molar-refractivity contribution < 1.29 is 42.1 Å². The molecule has 4 aromatic rings. The van der Waals surface area contributed by atoms with Crippen LogP contribution in [0.5, 0.6) is 0 Å². The Kier molecular flexibility index (Phi) is 14.7. The first-order valence-corrected chi connectivity index (χ1v) is 27.5. The Hall–Kier alpha value is -4.98. The number of hydrogen-bond donors (Lipinski definition) is 2. The number of piperazine rings is 1. The van der Waals surface area contributed by atoms with Gasteiger partial charge in [-0.3, -0.25) is 34.2 Å². The van der Waals surface area contributed by atoms with Crippen LogP contribution < -0.4 is 15.6 Å². The second kappa shape index (κ2) is 21.2. The monoisotopic (exact) mass is 1020 g/mol. The highest BCUT2D eigenvalue weighted by Crippen LogP contribution is 2.47. The molecule has 400 valence electrons. The zero-order chi connectivity index (χ0) is 51.4. The maximum atomic E-state index is 15.3. The fourth-order valence-electron chi connectivity index (χ4n) is 12.4. The standard InChI is InChI=1S/C56H76FN9O8/c1-33-34(2)47(33)52(67)60-49-51(64-17-13-37(57)30-64)53-59-45(31-73-53)36-9-12-46-41(26-36)43(28-56(4,5)32-74-55(69)44-8-7-16-66(61-44)54(49)68)50(65(46)22-25-72-40-14-23-71-24-15-40)42-27-39(29-58-48(42)35(3)70-6)63-20-18-62(19-21-63)38-10-11-38/h9,12,26-27,29,31,33-35,37-38,40,44,47,49,51,61H,7-8,10-11,13-25,28,30,32H2,1-6H3,(H,60,67)/t33-,34+,35-,37-,44-,47?,49-,51-/m0/s1. The van der Waals surface area contributed by atoms with Crippen molar-refractivity contribution in [1.29, 1.82) is 0 Å². The number of benzene rings is 1. The molecule has 0 radical (unpaired) electrons. The maximum absolute atomic E-state index is 15.3. The van der Waals surface area contributed by atoms with Crippen molar-refractivity contribution in [2.75, 3.05) is 84.3 Å². The molecule has 7 aliphatic rings. The Morgan fingerprint density at radius 2 is 1.77 bits per heavy atom. The van der Waals surface area contributed by atoms with Gasteiger partial charge in [0.15, 0.2) is 0 Å². The van der Waals surface area contributed by atoms with Crippen molar-refractivity contribution in [2.24, 2.45) is 23.2 Å². The minimum Gasteiger partial charge on any atom is -0.464 e. The second-order valence-electron chi connectivity index (χ2n) is 23.0. The van der Waals surface area contributed by atoms with E-state index < -0.39 is 41.6 Å². The van der Waals surface area contributed by atoms with Gasteiger partial charge in [0.2, 0.25) is 11.8 Å². The summed E-state index contributed by atoms with van der Waals surface area (Å²) in [6.45, 7) is 17.3. The summed E-state index contributed by atoms with van der Waals surface area (Å²) in [6, 6.07) is 6.39. The number of methoxy groups -OCH3 is 1. The number of nitrogens with one attached hydrogen (secondary N) is 2. The zero-order valence-corrected chi connectivity index (χ0v) is 44.2. The molecule has 6 bridgehead atoms. The van der Waals surface area contributed by atoms with Gasteiger partial charge in [-0.25, -0.2) is 14.8 Å². The number of rotatable bonds is 12. The Morgan fingerprint density at radius 1 is 0.986 bits per heavy atom. The number of carbonyl (C=O) groups is 3. The molecule has 17 nitrogen and oxygen atoms in total. The van der Waals surface area contributed by atoms with Crippen LogP contribution in [0.25, 0.3) is 33.4 Å². The van der Waals surface area contributed by atoms with Crippen LogP contribution in [0.1, 0.15) is 109 Å². The lowest BCUT2D eigenvalue weighted by Crippen LogP contribution is -2.62. The summed E-state index contributed by atoms with van der Waals surface area (Å²) >= 11 is 0. The molecular formula is C56H76FN9O8. The molecule has 2 aliphatic carbocycles. The topological polar surface area (TPSA) is 169 Å². The Labute approximate surface area is 434 Å². The fourth-order valence-corrected chi connectivity index (χ4v) is 12.4. The summed E-state index contributed by atoms with van der Waals surface area (Å²) in [5, 5.41) is 5.54. The van der Waals surface area contributed by atoms with Gasteiger partial charge in [0.05, 0.1) is 48.7 Å². The van der Waals surface area contributed by atoms with E-state index in [-0.39, 0.29) is 61.3 Å². The van der Waals surface area contributed by atoms with Crippen molar-refractivity contribution >= 4 is 34.4 Å². The van der Waals surface area contributed by atoms with Crippen LogP contribution in [0.4, 0.5) is 10.1 Å². The van der Waals surface area contributed by atoms with E-state index in [0.29, 0.717) is 70.5 Å². The lowest BCUT2D eigenvalue weighted by Gasteiger charge is -2.38. The summed E-state index contributed by atoms with van der Waals surface area (Å²) in [4.78, 5) is 60.8. The molecule has 1 aromatic carbocycles. The van der Waals surface area contributed by atoms with Crippen molar-refractivity contribution in [3.63, 3.8) is 0 Å². The van der Waals surface area contributed by atoms with Crippen LogP contribution in [0.2, 0.25) is 0 Å². The number of esters is 1. The molecule has 0 spiro atoms. The van der Waals surface area contributed by atoms with E-state index in [0.717, 1.165) is 83.7 Å². The number of ether oxygens (including phenoxy) is 4. The molecule has 2 amide bonds. The highest BCUT2D eigenvalue weighted by Gasteiger charge is 2.51. The van der Waals surface area contributed by atoms with Crippen LogP contribution in [0.3, 0.4) is 0 Å². The molecule has 8 heterocycles. The SMILES string of the molecule is CO[C@@H](C)c1ncc(N2CCN(C3CC3)CC2)cc1-c1c2c3cc(ccc3n1CCOC1CCOCC1)-c1coc(n1)[C@@H](N1CC[C@H](F)C1)[C@H](NC(=O)C1[C@@H](C)[C@H]1C)C(=O)N1CCC[C@H](N1)C(=O)OCC(C)(C)C2. The van der Waals surface area contributed by atoms with Crippen LogP contribution in [-0.2, 0) is 46.3 Å². The van der Waals surface area contributed by atoms with Gasteiger partial charge in [-0.05, 0) is 93.9 Å². The Bertz CT molecular complexity index is 2680.